The molecule has 30 heavy (non-hydrogen) atoms. The van der Waals surface area contributed by atoms with Crippen molar-refractivity contribution in [3.8, 4) is 11.4 Å². The summed E-state index contributed by atoms with van der Waals surface area (Å²) < 4.78 is 0. The molecule has 0 amide bonds. The average Bonchev–Trinajstić information content (AvgIpc) is 2.80. The molecule has 0 N–H and O–H groups in total. The topological polar surface area (TPSA) is 25.8 Å². The molecule has 0 aliphatic rings. The molecule has 0 aliphatic carbocycles. The van der Waals surface area contributed by atoms with Crippen LogP contribution in [-0.4, -0.2) is 9.97 Å². The van der Waals surface area contributed by atoms with Gasteiger partial charge in [-0.3, -0.25) is 9.97 Å². The largest absolute Gasteiger partial charge is 0.254 e. The summed E-state index contributed by atoms with van der Waals surface area (Å²) in [5, 5.41) is 0. The molecule has 0 fully saturated rings. The second-order valence-corrected chi connectivity index (χ2v) is 8.92. The van der Waals surface area contributed by atoms with Gasteiger partial charge in [-0.2, -0.15) is 0 Å². The van der Waals surface area contributed by atoms with Crippen molar-refractivity contribution in [3.05, 3.63) is 47.8 Å². The third-order valence-corrected chi connectivity index (χ3v) is 6.40. The van der Waals surface area contributed by atoms with Gasteiger partial charge in [0.2, 0.25) is 0 Å². The minimum atomic E-state index is 0.652. The minimum Gasteiger partial charge on any atom is -0.254 e. The van der Waals surface area contributed by atoms with Crippen molar-refractivity contribution in [2.75, 3.05) is 0 Å². The highest BCUT2D eigenvalue weighted by Gasteiger charge is 2.14. The lowest BCUT2D eigenvalue weighted by atomic mass is 9.89. The molecule has 166 valence electrons. The zero-order chi connectivity index (χ0) is 21.6. The van der Waals surface area contributed by atoms with Gasteiger partial charge >= 0.3 is 0 Å². The molecule has 2 aromatic rings. The number of nitrogens with zero attached hydrogens (tertiary/aromatic N) is 2. The minimum absolute atomic E-state index is 0.652. The summed E-state index contributed by atoms with van der Waals surface area (Å²) >= 11 is 0. The predicted molar refractivity (Wildman–Crippen MR) is 131 cm³/mol. The van der Waals surface area contributed by atoms with Crippen molar-refractivity contribution in [2.24, 2.45) is 0 Å². The molecular formula is C28H44N2. The third-order valence-electron chi connectivity index (χ3n) is 6.40. The molecule has 0 aliphatic heterocycles. The van der Waals surface area contributed by atoms with Crippen LogP contribution < -0.4 is 0 Å². The fraction of sp³-hybridized carbons (Fsp3) is 0.643. The van der Waals surface area contributed by atoms with Gasteiger partial charge in [-0.25, -0.2) is 0 Å². The maximum atomic E-state index is 4.80. The molecule has 0 saturated carbocycles. The Kier molecular flexibility index (Phi) is 11.7. The molecule has 0 aromatic carbocycles. The molecule has 2 aromatic heterocycles. The Bertz CT molecular complexity index is 597. The van der Waals surface area contributed by atoms with Gasteiger partial charge in [0, 0.05) is 12.4 Å². The summed E-state index contributed by atoms with van der Waals surface area (Å²) in [6, 6.07) is 8.93. The van der Waals surface area contributed by atoms with Gasteiger partial charge in [-0.05, 0) is 60.8 Å². The van der Waals surface area contributed by atoms with Crippen LogP contribution in [0, 0.1) is 0 Å². The summed E-state index contributed by atoms with van der Waals surface area (Å²) in [4.78, 5) is 9.59. The summed E-state index contributed by atoms with van der Waals surface area (Å²) in [7, 11) is 0. The van der Waals surface area contributed by atoms with Crippen LogP contribution in [0.25, 0.3) is 11.4 Å². The summed E-state index contributed by atoms with van der Waals surface area (Å²) in [5.74, 6) is 1.30. The second kappa shape index (κ2) is 14.3. The van der Waals surface area contributed by atoms with Gasteiger partial charge in [-0.1, -0.05) is 91.2 Å². The molecule has 2 heterocycles. The number of hydrogen-bond donors (Lipinski definition) is 0. The zero-order valence-corrected chi connectivity index (χ0v) is 20.0. The van der Waals surface area contributed by atoms with Crippen LogP contribution in [0.2, 0.25) is 0 Å². The standard InChI is InChI=1S/C28H44N2/c1-5-9-13-23(14-10-6-2)25-17-19-27(29-21-25)28-20-18-26(22-30-28)24(15-11-7-3)16-12-8-4/h17-24H,5-16H2,1-4H3. The highest BCUT2D eigenvalue weighted by Crippen LogP contribution is 2.30. The van der Waals surface area contributed by atoms with Gasteiger partial charge in [0.25, 0.3) is 0 Å². The highest BCUT2D eigenvalue weighted by molar-refractivity contribution is 5.54. The number of aromatic nitrogens is 2. The van der Waals surface area contributed by atoms with Gasteiger partial charge < -0.3 is 0 Å². The van der Waals surface area contributed by atoms with Crippen molar-refractivity contribution >= 4 is 0 Å². The van der Waals surface area contributed by atoms with Crippen LogP contribution in [0.3, 0.4) is 0 Å². The van der Waals surface area contributed by atoms with Gasteiger partial charge in [-0.15, -0.1) is 0 Å². The summed E-state index contributed by atoms with van der Waals surface area (Å²) in [6.07, 6.45) is 19.6. The first kappa shape index (κ1) is 24.6. The van der Waals surface area contributed by atoms with E-state index >= 15 is 0 Å². The van der Waals surface area contributed by atoms with E-state index in [1.54, 1.807) is 0 Å². The summed E-state index contributed by atoms with van der Waals surface area (Å²) in [5.41, 5.74) is 4.79. The molecule has 2 rings (SSSR count). The van der Waals surface area contributed by atoms with E-state index < -0.39 is 0 Å². The fourth-order valence-corrected chi connectivity index (χ4v) is 4.35. The van der Waals surface area contributed by atoms with E-state index in [1.807, 2.05) is 0 Å². The number of pyridine rings is 2. The molecule has 0 atom stereocenters. The Morgan fingerprint density at radius 3 is 1.10 bits per heavy atom. The number of hydrogen-bond acceptors (Lipinski definition) is 2. The average molecular weight is 409 g/mol. The van der Waals surface area contributed by atoms with Gasteiger partial charge in [0.15, 0.2) is 0 Å². The van der Waals surface area contributed by atoms with E-state index in [-0.39, 0.29) is 0 Å². The molecule has 0 radical (unpaired) electrons. The van der Waals surface area contributed by atoms with Gasteiger partial charge in [0.05, 0.1) is 11.4 Å². The maximum Gasteiger partial charge on any atom is 0.0886 e. The monoisotopic (exact) mass is 408 g/mol. The van der Waals surface area contributed by atoms with E-state index in [1.165, 1.54) is 88.2 Å². The van der Waals surface area contributed by atoms with Crippen LogP contribution in [0.15, 0.2) is 36.7 Å². The van der Waals surface area contributed by atoms with Crippen LogP contribution >= 0.6 is 0 Å². The lowest BCUT2D eigenvalue weighted by Crippen LogP contribution is -2.02. The number of unbranched alkanes of at least 4 members (excludes halogenated alkanes) is 4. The molecule has 0 saturated heterocycles. The van der Waals surface area contributed by atoms with E-state index in [2.05, 4.69) is 64.4 Å². The highest BCUT2D eigenvalue weighted by atomic mass is 14.8. The Hall–Kier alpha value is -1.70. The van der Waals surface area contributed by atoms with E-state index in [4.69, 9.17) is 9.97 Å². The Morgan fingerprint density at radius 1 is 0.533 bits per heavy atom. The third kappa shape index (κ3) is 7.85. The first-order chi connectivity index (χ1) is 14.7. The van der Waals surface area contributed by atoms with Crippen molar-refractivity contribution in [1.82, 2.24) is 9.97 Å². The molecule has 0 spiro atoms. The predicted octanol–water partition coefficient (Wildman–Crippen LogP) is 9.07. The molecule has 2 nitrogen and oxygen atoms in total. The second-order valence-electron chi connectivity index (χ2n) is 8.92. The van der Waals surface area contributed by atoms with Crippen LogP contribution in [0.5, 0.6) is 0 Å². The van der Waals surface area contributed by atoms with E-state index in [9.17, 15) is 0 Å². The van der Waals surface area contributed by atoms with E-state index in [0.29, 0.717) is 11.8 Å². The van der Waals surface area contributed by atoms with Crippen molar-refractivity contribution < 1.29 is 0 Å². The maximum absolute atomic E-state index is 4.80. The van der Waals surface area contributed by atoms with Crippen molar-refractivity contribution in [1.29, 1.82) is 0 Å². The van der Waals surface area contributed by atoms with Gasteiger partial charge in [0.1, 0.15) is 0 Å². The Labute approximate surface area is 185 Å². The molecule has 0 unspecified atom stereocenters. The molecule has 2 heteroatoms. The molecular weight excluding hydrogens is 364 g/mol. The molecule has 0 bridgehead atoms. The quantitative estimate of drug-likeness (QED) is 0.293. The van der Waals surface area contributed by atoms with Crippen LogP contribution in [-0.2, 0) is 0 Å². The smallest absolute Gasteiger partial charge is 0.0886 e. The fourth-order valence-electron chi connectivity index (χ4n) is 4.35. The number of rotatable bonds is 15. The van der Waals surface area contributed by atoms with Crippen molar-refractivity contribution in [2.45, 2.75) is 117 Å². The lowest BCUT2D eigenvalue weighted by Gasteiger charge is -2.18. The zero-order valence-electron chi connectivity index (χ0n) is 20.0. The van der Waals surface area contributed by atoms with E-state index in [0.717, 1.165) is 11.4 Å². The SMILES string of the molecule is CCCCC(CCCC)c1ccc(-c2ccc(C(CCCC)CCCC)cn2)nc1. The Balaban J connectivity index is 2.09. The normalized spacial score (nSPS) is 11.5. The first-order valence-electron chi connectivity index (χ1n) is 12.7. The van der Waals surface area contributed by atoms with Crippen molar-refractivity contribution in [3.63, 3.8) is 0 Å². The summed E-state index contributed by atoms with van der Waals surface area (Å²) in [6.45, 7) is 9.12. The lowest BCUT2D eigenvalue weighted by molar-refractivity contribution is 0.523. The van der Waals surface area contributed by atoms with Crippen LogP contribution in [0.1, 0.15) is 128 Å². The Morgan fingerprint density at radius 2 is 0.867 bits per heavy atom. The first-order valence-corrected chi connectivity index (χ1v) is 12.7. The van der Waals surface area contributed by atoms with Crippen LogP contribution in [0.4, 0.5) is 0 Å².